The molecule has 0 aliphatic heterocycles. The van der Waals surface area contributed by atoms with E-state index in [4.69, 9.17) is 9.47 Å². The van der Waals surface area contributed by atoms with Gasteiger partial charge >= 0.3 is 5.97 Å². The minimum absolute atomic E-state index is 0.102. The molecule has 0 aromatic heterocycles. The predicted octanol–water partition coefficient (Wildman–Crippen LogP) is 2.38. The molecule has 9 heteroatoms. The van der Waals surface area contributed by atoms with Crippen LogP contribution in [0.2, 0.25) is 0 Å². The smallest absolute Gasteiger partial charge is 0.315 e. The molecular weight excluding hydrogens is 368 g/mol. The number of carbonyl (C=O) groups excluding carboxylic acids is 1. The summed E-state index contributed by atoms with van der Waals surface area (Å²) in [4.78, 5) is 35.1. The van der Waals surface area contributed by atoms with Gasteiger partial charge in [0.25, 0.3) is 11.6 Å². The number of benzene rings is 2. The second-order valence-electron chi connectivity index (χ2n) is 6.17. The van der Waals surface area contributed by atoms with E-state index in [1.807, 2.05) is 0 Å². The highest BCUT2D eigenvalue weighted by Gasteiger charge is 2.36. The summed E-state index contributed by atoms with van der Waals surface area (Å²) in [6, 6.07) is 10.7. The molecule has 0 spiro atoms. The van der Waals surface area contributed by atoms with Gasteiger partial charge in [0.05, 0.1) is 25.2 Å². The second kappa shape index (κ2) is 8.38. The highest BCUT2D eigenvalue weighted by Crippen LogP contribution is 2.34. The summed E-state index contributed by atoms with van der Waals surface area (Å²) in [6.07, 6.45) is 0. The first-order chi connectivity index (χ1) is 13.2. The van der Waals surface area contributed by atoms with Gasteiger partial charge < -0.3 is 19.9 Å². The first kappa shape index (κ1) is 20.7. The fraction of sp³-hybridized carbons (Fsp3) is 0.263. The molecule has 2 aromatic carbocycles. The number of nitrogens with zero attached hydrogens (tertiary/aromatic N) is 1. The van der Waals surface area contributed by atoms with Gasteiger partial charge in [0.15, 0.2) is 11.5 Å². The minimum atomic E-state index is -1.41. The van der Waals surface area contributed by atoms with Gasteiger partial charge in [-0.2, -0.15) is 0 Å². The fourth-order valence-electron chi connectivity index (χ4n) is 2.66. The molecule has 0 saturated heterocycles. The number of carboxylic acids is 1. The van der Waals surface area contributed by atoms with Crippen molar-refractivity contribution in [3.05, 3.63) is 63.7 Å². The lowest BCUT2D eigenvalue weighted by molar-refractivity contribution is -0.385. The molecular formula is C19H20N2O7. The lowest BCUT2D eigenvalue weighted by atomic mass is 9.82. The quantitative estimate of drug-likeness (QED) is 0.525. The van der Waals surface area contributed by atoms with Gasteiger partial charge in [0.2, 0.25) is 0 Å². The highest BCUT2D eigenvalue weighted by atomic mass is 16.6. The molecule has 1 unspecified atom stereocenters. The molecule has 0 aliphatic carbocycles. The van der Waals surface area contributed by atoms with Crippen LogP contribution in [0.3, 0.4) is 0 Å². The van der Waals surface area contributed by atoms with Crippen LogP contribution in [0.1, 0.15) is 22.8 Å². The number of nitro groups is 1. The van der Waals surface area contributed by atoms with E-state index in [1.165, 1.54) is 27.2 Å². The number of nitro benzene ring substituents is 1. The molecule has 0 heterocycles. The average Bonchev–Trinajstić information content (AvgIpc) is 2.70. The fourth-order valence-corrected chi connectivity index (χ4v) is 2.66. The first-order valence-electron chi connectivity index (χ1n) is 8.22. The van der Waals surface area contributed by atoms with Crippen molar-refractivity contribution >= 4 is 17.6 Å². The Bertz CT molecular complexity index is 899. The molecule has 0 fully saturated rings. The monoisotopic (exact) mass is 388 g/mol. The Kier molecular flexibility index (Phi) is 6.19. The number of ether oxygens (including phenoxy) is 2. The first-order valence-corrected chi connectivity index (χ1v) is 8.22. The molecule has 9 nitrogen and oxygen atoms in total. The number of carboxylic acid groups (broad SMARTS) is 1. The number of hydrogen-bond donors (Lipinski definition) is 2. The molecule has 0 bridgehead atoms. The number of aliphatic carboxylic acids is 1. The third-order valence-corrected chi connectivity index (χ3v) is 4.43. The van der Waals surface area contributed by atoms with Crippen LogP contribution < -0.4 is 14.8 Å². The number of amides is 1. The molecule has 0 saturated carbocycles. The van der Waals surface area contributed by atoms with E-state index in [2.05, 4.69) is 5.32 Å². The van der Waals surface area contributed by atoms with Crippen molar-refractivity contribution in [3.63, 3.8) is 0 Å². The zero-order valence-electron chi connectivity index (χ0n) is 15.6. The summed E-state index contributed by atoms with van der Waals surface area (Å²) >= 11 is 0. The van der Waals surface area contributed by atoms with Crippen LogP contribution in [0.25, 0.3) is 0 Å². The summed E-state index contributed by atoms with van der Waals surface area (Å²) in [6.45, 7) is 1.20. The van der Waals surface area contributed by atoms with Crippen LogP contribution in [0, 0.1) is 10.1 Å². The second-order valence-corrected chi connectivity index (χ2v) is 6.17. The van der Waals surface area contributed by atoms with E-state index in [9.17, 15) is 24.8 Å². The number of rotatable bonds is 8. The lowest BCUT2D eigenvalue weighted by Crippen LogP contribution is -2.44. The zero-order chi connectivity index (χ0) is 20.9. The lowest BCUT2D eigenvalue weighted by Gasteiger charge is -2.25. The van der Waals surface area contributed by atoms with Gasteiger partial charge in [-0.1, -0.05) is 30.3 Å². The Hall–Kier alpha value is -3.62. The van der Waals surface area contributed by atoms with Crippen molar-refractivity contribution in [1.82, 2.24) is 5.32 Å². The van der Waals surface area contributed by atoms with Gasteiger partial charge in [0, 0.05) is 12.6 Å². The zero-order valence-corrected chi connectivity index (χ0v) is 15.6. The van der Waals surface area contributed by atoms with Gasteiger partial charge in [-0.3, -0.25) is 19.7 Å². The van der Waals surface area contributed by atoms with Crippen LogP contribution in [0.5, 0.6) is 11.5 Å². The van der Waals surface area contributed by atoms with Crippen LogP contribution >= 0.6 is 0 Å². The van der Waals surface area contributed by atoms with Crippen molar-refractivity contribution in [2.45, 2.75) is 12.3 Å². The van der Waals surface area contributed by atoms with Crippen molar-refractivity contribution in [2.24, 2.45) is 0 Å². The maximum absolute atomic E-state index is 12.6. The Morgan fingerprint density at radius 1 is 1.14 bits per heavy atom. The molecule has 148 valence electrons. The van der Waals surface area contributed by atoms with E-state index < -0.39 is 27.9 Å². The van der Waals surface area contributed by atoms with Gasteiger partial charge in [-0.25, -0.2) is 0 Å². The molecule has 2 aromatic rings. The van der Waals surface area contributed by atoms with Gasteiger partial charge in [-0.05, 0) is 12.5 Å². The predicted molar refractivity (Wildman–Crippen MR) is 100.0 cm³/mol. The summed E-state index contributed by atoms with van der Waals surface area (Å²) < 4.78 is 10.1. The number of hydrogen-bond acceptors (Lipinski definition) is 6. The molecule has 2 N–H and O–H groups in total. The summed E-state index contributed by atoms with van der Waals surface area (Å²) in [7, 11) is 2.65. The van der Waals surface area contributed by atoms with E-state index in [1.54, 1.807) is 30.3 Å². The van der Waals surface area contributed by atoms with Crippen LogP contribution in [0.4, 0.5) is 5.69 Å². The van der Waals surface area contributed by atoms with E-state index >= 15 is 0 Å². The van der Waals surface area contributed by atoms with Gasteiger partial charge in [0.1, 0.15) is 11.0 Å². The molecule has 0 radical (unpaired) electrons. The number of methoxy groups -OCH3 is 2. The van der Waals surface area contributed by atoms with Crippen molar-refractivity contribution in [1.29, 1.82) is 0 Å². The highest BCUT2D eigenvalue weighted by molar-refractivity contribution is 5.99. The molecule has 28 heavy (non-hydrogen) atoms. The van der Waals surface area contributed by atoms with Crippen molar-refractivity contribution < 1.29 is 29.1 Å². The third kappa shape index (κ3) is 4.03. The molecule has 1 amide bonds. The van der Waals surface area contributed by atoms with Crippen LogP contribution in [0.15, 0.2) is 42.5 Å². The third-order valence-electron chi connectivity index (χ3n) is 4.43. The topological polar surface area (TPSA) is 128 Å². The molecule has 1 atom stereocenters. The maximum Gasteiger partial charge on any atom is 0.315 e. The Morgan fingerprint density at radius 2 is 1.71 bits per heavy atom. The minimum Gasteiger partial charge on any atom is -0.493 e. The number of nitrogens with one attached hydrogen (secondary N) is 1. The van der Waals surface area contributed by atoms with Gasteiger partial charge in [-0.15, -0.1) is 0 Å². The summed E-state index contributed by atoms with van der Waals surface area (Å²) in [5.74, 6) is -1.69. The van der Waals surface area contributed by atoms with E-state index in [-0.39, 0.29) is 23.6 Å². The van der Waals surface area contributed by atoms with Crippen molar-refractivity contribution in [3.8, 4) is 11.5 Å². The summed E-state index contributed by atoms with van der Waals surface area (Å²) in [5.41, 5.74) is -1.66. The SMILES string of the molecule is COc1cc(C(=O)NCC(C)(C(=O)O)c2ccccc2)c([N+](=O)[O-])cc1OC. The number of carbonyl (C=O) groups is 2. The Balaban J connectivity index is 2.36. The van der Waals surface area contributed by atoms with Crippen LogP contribution in [-0.2, 0) is 10.2 Å². The Labute approximate surface area is 161 Å². The largest absolute Gasteiger partial charge is 0.493 e. The normalized spacial score (nSPS) is 12.5. The molecule has 0 aliphatic rings. The van der Waals surface area contributed by atoms with Crippen LogP contribution in [-0.4, -0.2) is 42.7 Å². The maximum atomic E-state index is 12.6. The van der Waals surface area contributed by atoms with Crippen molar-refractivity contribution in [2.75, 3.05) is 20.8 Å². The summed E-state index contributed by atoms with van der Waals surface area (Å²) in [5, 5.41) is 23.5. The standard InChI is InChI=1S/C19H20N2O7/c1-19(18(23)24,12-7-5-4-6-8-12)11-20-17(22)13-9-15(27-2)16(28-3)10-14(13)21(25)26/h4-10H,11H2,1-3H3,(H,20,22)(H,23,24). The Morgan fingerprint density at radius 3 is 2.21 bits per heavy atom. The average molecular weight is 388 g/mol. The van der Waals surface area contributed by atoms with E-state index in [0.29, 0.717) is 5.56 Å². The molecule has 2 rings (SSSR count). The van der Waals surface area contributed by atoms with E-state index in [0.717, 1.165) is 6.07 Å².